The molecule has 0 aliphatic carbocycles. The van der Waals surface area contributed by atoms with E-state index in [1.54, 1.807) is 18.7 Å². The lowest BCUT2D eigenvalue weighted by molar-refractivity contribution is 0.0994. The quantitative estimate of drug-likeness (QED) is 0.330. The zero-order chi connectivity index (χ0) is 20.2. The van der Waals surface area contributed by atoms with Gasteiger partial charge in [0.25, 0.3) is 0 Å². The minimum Gasteiger partial charge on any atom is -0.467 e. The summed E-state index contributed by atoms with van der Waals surface area (Å²) in [4.78, 5) is 17.0. The molecule has 0 spiro atoms. The number of benzene rings is 1. The number of nitrogens with zero attached hydrogens (tertiary/aromatic N) is 4. The first kappa shape index (κ1) is 19.1. The Hall–Kier alpha value is -3.19. The molecule has 146 valence electrons. The van der Waals surface area contributed by atoms with Gasteiger partial charge >= 0.3 is 0 Å². The smallest absolute Gasteiger partial charge is 0.192 e. The van der Waals surface area contributed by atoms with Gasteiger partial charge in [0.05, 0.1) is 18.1 Å². The summed E-state index contributed by atoms with van der Waals surface area (Å²) in [5.74, 6) is 1.53. The van der Waals surface area contributed by atoms with Crippen LogP contribution in [-0.2, 0) is 6.54 Å². The molecule has 4 aromatic rings. The predicted molar refractivity (Wildman–Crippen MR) is 112 cm³/mol. The summed E-state index contributed by atoms with van der Waals surface area (Å²) in [7, 11) is 0. The molecule has 0 aliphatic rings. The zero-order valence-corrected chi connectivity index (χ0v) is 17.0. The number of pyridine rings is 1. The summed E-state index contributed by atoms with van der Waals surface area (Å²) >= 11 is 1.39. The van der Waals surface area contributed by atoms with E-state index in [9.17, 15) is 4.79 Å². The van der Waals surface area contributed by atoms with Crippen molar-refractivity contribution in [1.82, 2.24) is 19.7 Å². The molecule has 0 saturated heterocycles. The Morgan fingerprint density at radius 3 is 2.66 bits per heavy atom. The van der Waals surface area contributed by atoms with Gasteiger partial charge in [-0.15, -0.1) is 10.2 Å². The standard InChI is InChI=1S/C22H20N4O2S/c1-15-7-9-17(10-8-15)20(27)16(2)29-22-25-24-21(18-5-3-11-23-13-18)26(22)14-19-6-4-12-28-19/h3-13,16H,14H2,1-2H3. The van der Waals surface area contributed by atoms with Gasteiger partial charge in [-0.1, -0.05) is 41.6 Å². The average molecular weight is 404 g/mol. The number of aromatic nitrogens is 4. The summed E-state index contributed by atoms with van der Waals surface area (Å²) in [6.07, 6.45) is 5.10. The third-order valence-corrected chi connectivity index (χ3v) is 5.60. The largest absolute Gasteiger partial charge is 0.467 e. The summed E-state index contributed by atoms with van der Waals surface area (Å²) in [6, 6.07) is 15.2. The number of aryl methyl sites for hydroxylation is 1. The number of ketones is 1. The molecule has 0 fully saturated rings. The van der Waals surface area contributed by atoms with Crippen LogP contribution in [0.5, 0.6) is 0 Å². The molecular weight excluding hydrogens is 384 g/mol. The molecule has 0 amide bonds. The molecule has 6 nitrogen and oxygen atoms in total. The molecule has 29 heavy (non-hydrogen) atoms. The van der Waals surface area contributed by atoms with Crippen LogP contribution in [0.2, 0.25) is 0 Å². The van der Waals surface area contributed by atoms with Gasteiger partial charge in [-0.2, -0.15) is 0 Å². The van der Waals surface area contributed by atoms with Crippen molar-refractivity contribution in [3.05, 3.63) is 84.1 Å². The van der Waals surface area contributed by atoms with Gasteiger partial charge in [0.15, 0.2) is 16.8 Å². The van der Waals surface area contributed by atoms with Gasteiger partial charge in [0.2, 0.25) is 0 Å². The first-order chi connectivity index (χ1) is 14.1. The van der Waals surface area contributed by atoms with Gasteiger partial charge in [-0.25, -0.2) is 0 Å². The molecule has 0 radical (unpaired) electrons. The molecule has 0 aliphatic heterocycles. The van der Waals surface area contributed by atoms with Gasteiger partial charge < -0.3 is 4.42 Å². The Morgan fingerprint density at radius 1 is 1.14 bits per heavy atom. The van der Waals surface area contributed by atoms with E-state index in [4.69, 9.17) is 4.42 Å². The number of hydrogen-bond acceptors (Lipinski definition) is 6. The normalized spacial score (nSPS) is 12.1. The third-order valence-electron chi connectivity index (χ3n) is 4.52. The lowest BCUT2D eigenvalue weighted by atomic mass is 10.1. The summed E-state index contributed by atoms with van der Waals surface area (Å²) < 4.78 is 7.48. The molecule has 4 rings (SSSR count). The number of furan rings is 1. The SMILES string of the molecule is Cc1ccc(C(=O)C(C)Sc2nnc(-c3cccnc3)n2Cc2ccco2)cc1. The Balaban J connectivity index is 1.63. The summed E-state index contributed by atoms with van der Waals surface area (Å²) in [5.41, 5.74) is 2.68. The van der Waals surface area contributed by atoms with E-state index in [1.807, 2.05) is 66.9 Å². The second-order valence-electron chi connectivity index (χ2n) is 6.70. The molecule has 3 heterocycles. The fourth-order valence-corrected chi connectivity index (χ4v) is 3.88. The number of thioether (sulfide) groups is 1. The molecule has 1 aromatic carbocycles. The van der Waals surface area contributed by atoms with Gasteiger partial charge in [-0.3, -0.25) is 14.3 Å². The third kappa shape index (κ3) is 4.30. The maximum absolute atomic E-state index is 12.9. The molecular formula is C22H20N4O2S. The first-order valence-corrected chi connectivity index (χ1v) is 10.1. The molecule has 7 heteroatoms. The van der Waals surface area contributed by atoms with Crippen LogP contribution in [0.15, 0.2) is 76.8 Å². The van der Waals surface area contributed by atoms with E-state index < -0.39 is 0 Å². The average Bonchev–Trinajstić information content (AvgIpc) is 3.39. The fourth-order valence-electron chi connectivity index (χ4n) is 2.95. The number of carbonyl (C=O) groups is 1. The van der Waals surface area contributed by atoms with Crippen LogP contribution in [0, 0.1) is 6.92 Å². The van der Waals surface area contributed by atoms with E-state index in [-0.39, 0.29) is 11.0 Å². The van der Waals surface area contributed by atoms with Crippen molar-refractivity contribution < 1.29 is 9.21 Å². The van der Waals surface area contributed by atoms with Crippen molar-refractivity contribution in [1.29, 1.82) is 0 Å². The predicted octanol–water partition coefficient (Wildman–Crippen LogP) is 4.65. The second-order valence-corrected chi connectivity index (χ2v) is 8.01. The minimum absolute atomic E-state index is 0.0606. The molecule has 0 bridgehead atoms. The van der Waals surface area contributed by atoms with Crippen molar-refractivity contribution in [2.24, 2.45) is 0 Å². The maximum atomic E-state index is 12.9. The van der Waals surface area contributed by atoms with Gasteiger partial charge in [0, 0.05) is 23.5 Å². The Kier molecular flexibility index (Phi) is 5.57. The Labute approximate surface area is 173 Å². The lowest BCUT2D eigenvalue weighted by Gasteiger charge is -2.12. The van der Waals surface area contributed by atoms with Crippen LogP contribution in [0.3, 0.4) is 0 Å². The highest BCUT2D eigenvalue weighted by Gasteiger charge is 2.22. The molecule has 0 N–H and O–H groups in total. The first-order valence-electron chi connectivity index (χ1n) is 9.25. The van der Waals surface area contributed by atoms with Crippen LogP contribution >= 0.6 is 11.8 Å². The van der Waals surface area contributed by atoms with Crippen molar-refractivity contribution in [3.8, 4) is 11.4 Å². The summed E-state index contributed by atoms with van der Waals surface area (Å²) in [6.45, 7) is 4.37. The maximum Gasteiger partial charge on any atom is 0.192 e. The lowest BCUT2D eigenvalue weighted by Crippen LogP contribution is -2.15. The Bertz CT molecular complexity index is 1090. The van der Waals surface area contributed by atoms with Gasteiger partial charge in [0.1, 0.15) is 5.76 Å². The van der Waals surface area contributed by atoms with E-state index in [0.29, 0.717) is 23.1 Å². The fraction of sp³-hybridized carbons (Fsp3) is 0.182. The number of carbonyl (C=O) groups excluding carboxylic acids is 1. The highest BCUT2D eigenvalue weighted by atomic mass is 32.2. The van der Waals surface area contributed by atoms with Crippen LogP contribution in [0.1, 0.15) is 28.6 Å². The van der Waals surface area contributed by atoms with Crippen LogP contribution < -0.4 is 0 Å². The van der Waals surface area contributed by atoms with Crippen LogP contribution in [0.4, 0.5) is 0 Å². The highest BCUT2D eigenvalue weighted by Crippen LogP contribution is 2.29. The van der Waals surface area contributed by atoms with Crippen molar-refractivity contribution >= 4 is 17.5 Å². The Morgan fingerprint density at radius 2 is 1.97 bits per heavy atom. The van der Waals surface area contributed by atoms with Crippen molar-refractivity contribution in [2.75, 3.05) is 0 Å². The highest BCUT2D eigenvalue weighted by molar-refractivity contribution is 8.00. The molecule has 1 atom stereocenters. The molecule has 3 aromatic heterocycles. The number of hydrogen-bond donors (Lipinski definition) is 0. The van der Waals surface area contributed by atoms with Gasteiger partial charge in [-0.05, 0) is 38.1 Å². The van der Waals surface area contributed by atoms with E-state index in [1.165, 1.54) is 11.8 Å². The van der Waals surface area contributed by atoms with Crippen LogP contribution in [-0.4, -0.2) is 30.8 Å². The molecule has 1 unspecified atom stereocenters. The minimum atomic E-state index is -0.306. The van der Waals surface area contributed by atoms with Crippen molar-refractivity contribution in [3.63, 3.8) is 0 Å². The topological polar surface area (TPSA) is 73.8 Å². The van der Waals surface area contributed by atoms with Crippen molar-refractivity contribution in [2.45, 2.75) is 30.8 Å². The summed E-state index contributed by atoms with van der Waals surface area (Å²) in [5, 5.41) is 9.07. The molecule has 0 saturated carbocycles. The van der Waals surface area contributed by atoms with E-state index in [2.05, 4.69) is 15.2 Å². The zero-order valence-electron chi connectivity index (χ0n) is 16.1. The number of rotatable bonds is 7. The van der Waals surface area contributed by atoms with E-state index >= 15 is 0 Å². The number of Topliss-reactive ketones (excluding diaryl/α,β-unsaturated/α-hetero) is 1. The van der Waals surface area contributed by atoms with Crippen LogP contribution in [0.25, 0.3) is 11.4 Å². The monoisotopic (exact) mass is 404 g/mol. The second kappa shape index (κ2) is 8.45. The van der Waals surface area contributed by atoms with E-state index in [0.717, 1.165) is 16.9 Å².